The highest BCUT2D eigenvalue weighted by atomic mass is 16.5. The third-order valence-corrected chi connectivity index (χ3v) is 3.53. The van der Waals surface area contributed by atoms with Crippen molar-refractivity contribution in [1.29, 1.82) is 0 Å². The van der Waals surface area contributed by atoms with Gasteiger partial charge in [-0.2, -0.15) is 0 Å². The number of nitrogens with two attached hydrogens (primary N) is 1. The molecule has 0 aliphatic heterocycles. The Hall–Kier alpha value is -1.55. The van der Waals surface area contributed by atoms with Gasteiger partial charge in [0, 0.05) is 17.6 Å². The van der Waals surface area contributed by atoms with Crippen LogP contribution in [0.3, 0.4) is 0 Å². The second-order valence-corrected chi connectivity index (χ2v) is 5.30. The molecule has 4 nitrogen and oxygen atoms in total. The molecule has 4 heteroatoms. The van der Waals surface area contributed by atoms with Crippen LogP contribution in [0.15, 0.2) is 24.3 Å². The minimum Gasteiger partial charge on any atom is -0.494 e. The van der Waals surface area contributed by atoms with Crippen LogP contribution in [0.4, 0.5) is 0 Å². The quantitative estimate of drug-likeness (QED) is 0.719. The van der Waals surface area contributed by atoms with Gasteiger partial charge in [-0.15, -0.1) is 0 Å². The van der Waals surface area contributed by atoms with E-state index in [0.717, 1.165) is 25.0 Å². The Morgan fingerprint density at radius 2 is 1.95 bits per heavy atom. The van der Waals surface area contributed by atoms with Crippen molar-refractivity contribution in [3.05, 3.63) is 29.8 Å². The first-order valence-corrected chi connectivity index (χ1v) is 7.30. The summed E-state index contributed by atoms with van der Waals surface area (Å²) in [7, 11) is 0. The van der Waals surface area contributed by atoms with Crippen molar-refractivity contribution in [2.75, 3.05) is 13.2 Å². The van der Waals surface area contributed by atoms with Gasteiger partial charge in [-0.25, -0.2) is 0 Å². The van der Waals surface area contributed by atoms with E-state index in [-0.39, 0.29) is 11.4 Å². The van der Waals surface area contributed by atoms with Crippen LogP contribution >= 0.6 is 0 Å². The van der Waals surface area contributed by atoms with Gasteiger partial charge < -0.3 is 15.8 Å². The molecule has 1 atom stereocenters. The third-order valence-electron chi connectivity index (χ3n) is 3.53. The number of amides is 1. The van der Waals surface area contributed by atoms with Gasteiger partial charge in [0.05, 0.1) is 6.61 Å². The van der Waals surface area contributed by atoms with Crippen molar-refractivity contribution in [2.24, 2.45) is 5.73 Å². The fraction of sp³-hybridized carbons (Fsp3) is 0.562. The van der Waals surface area contributed by atoms with Gasteiger partial charge in [0.1, 0.15) is 5.75 Å². The maximum Gasteiger partial charge on any atom is 0.251 e. The predicted molar refractivity (Wildman–Crippen MR) is 82.1 cm³/mol. The lowest BCUT2D eigenvalue weighted by atomic mass is 9.98. The second-order valence-electron chi connectivity index (χ2n) is 5.30. The average Bonchev–Trinajstić information content (AvgIpc) is 2.48. The van der Waals surface area contributed by atoms with Gasteiger partial charge >= 0.3 is 0 Å². The zero-order valence-electron chi connectivity index (χ0n) is 12.7. The number of nitrogens with one attached hydrogen (secondary N) is 1. The van der Waals surface area contributed by atoms with E-state index in [4.69, 9.17) is 10.5 Å². The van der Waals surface area contributed by atoms with Crippen molar-refractivity contribution in [1.82, 2.24) is 5.32 Å². The average molecular weight is 278 g/mol. The minimum atomic E-state index is -0.354. The fourth-order valence-corrected chi connectivity index (χ4v) is 1.67. The van der Waals surface area contributed by atoms with Crippen LogP contribution in [0.2, 0.25) is 0 Å². The molecule has 0 fully saturated rings. The molecule has 0 bridgehead atoms. The van der Waals surface area contributed by atoms with Crippen LogP contribution < -0.4 is 15.8 Å². The summed E-state index contributed by atoms with van der Waals surface area (Å²) in [5, 5.41) is 2.98. The zero-order valence-corrected chi connectivity index (χ0v) is 12.7. The number of hydrogen-bond acceptors (Lipinski definition) is 3. The number of benzene rings is 1. The Labute approximate surface area is 121 Å². The summed E-state index contributed by atoms with van der Waals surface area (Å²) < 4.78 is 5.57. The smallest absolute Gasteiger partial charge is 0.251 e. The van der Waals surface area contributed by atoms with E-state index in [2.05, 4.69) is 12.2 Å². The molecule has 20 heavy (non-hydrogen) atoms. The van der Waals surface area contributed by atoms with Gasteiger partial charge in [-0.3, -0.25) is 4.79 Å². The lowest BCUT2D eigenvalue weighted by Crippen LogP contribution is -2.50. The van der Waals surface area contributed by atoms with Crippen LogP contribution in [0, 0.1) is 0 Å². The van der Waals surface area contributed by atoms with E-state index in [0.29, 0.717) is 18.7 Å². The number of rotatable bonds is 8. The largest absolute Gasteiger partial charge is 0.494 e. The van der Waals surface area contributed by atoms with Crippen molar-refractivity contribution >= 4 is 5.91 Å². The molecule has 1 rings (SSSR count). The summed E-state index contributed by atoms with van der Waals surface area (Å²) in [4.78, 5) is 12.1. The third kappa shape index (κ3) is 4.85. The summed E-state index contributed by atoms with van der Waals surface area (Å²) >= 11 is 0. The van der Waals surface area contributed by atoms with Crippen LogP contribution in [0.25, 0.3) is 0 Å². The first-order chi connectivity index (χ1) is 9.54. The van der Waals surface area contributed by atoms with Gasteiger partial charge in [0.15, 0.2) is 0 Å². The Kier molecular flexibility index (Phi) is 6.52. The maximum atomic E-state index is 12.1. The highest BCUT2D eigenvalue weighted by Gasteiger charge is 2.22. The lowest BCUT2D eigenvalue weighted by molar-refractivity contribution is 0.0906. The molecule has 0 radical (unpaired) electrons. The Bertz CT molecular complexity index is 411. The zero-order chi connectivity index (χ0) is 15.0. The van der Waals surface area contributed by atoms with E-state index in [9.17, 15) is 4.79 Å². The summed E-state index contributed by atoms with van der Waals surface area (Å²) in [6.45, 7) is 7.22. The first kappa shape index (κ1) is 16.5. The van der Waals surface area contributed by atoms with E-state index in [1.807, 2.05) is 26.0 Å². The molecule has 0 spiro atoms. The molecule has 1 amide bonds. The van der Waals surface area contributed by atoms with Crippen molar-refractivity contribution in [2.45, 2.75) is 45.6 Å². The molecule has 112 valence electrons. The van der Waals surface area contributed by atoms with Gasteiger partial charge in [-0.05, 0) is 44.0 Å². The summed E-state index contributed by atoms with van der Waals surface area (Å²) in [5.41, 5.74) is 5.97. The molecular formula is C16H26N2O2. The highest BCUT2D eigenvalue weighted by molar-refractivity contribution is 5.94. The van der Waals surface area contributed by atoms with Crippen LogP contribution in [-0.4, -0.2) is 24.6 Å². The van der Waals surface area contributed by atoms with Crippen LogP contribution in [0.1, 0.15) is 50.4 Å². The molecule has 0 saturated heterocycles. The van der Waals surface area contributed by atoms with Crippen LogP contribution in [-0.2, 0) is 0 Å². The fourth-order valence-electron chi connectivity index (χ4n) is 1.67. The Morgan fingerprint density at radius 1 is 1.30 bits per heavy atom. The molecule has 1 unspecified atom stereocenters. The second kappa shape index (κ2) is 7.90. The number of carbonyl (C=O) groups is 1. The summed E-state index contributed by atoms with van der Waals surface area (Å²) in [6, 6.07) is 7.22. The van der Waals surface area contributed by atoms with Gasteiger partial charge in [0.2, 0.25) is 0 Å². The van der Waals surface area contributed by atoms with Crippen molar-refractivity contribution in [3.8, 4) is 5.75 Å². The van der Waals surface area contributed by atoms with E-state index in [1.54, 1.807) is 12.1 Å². The highest BCUT2D eigenvalue weighted by Crippen LogP contribution is 2.14. The Morgan fingerprint density at radius 3 is 2.45 bits per heavy atom. The lowest BCUT2D eigenvalue weighted by Gasteiger charge is -2.27. The standard InChI is InChI=1S/C16H26N2O2/c1-4-6-11-20-14-9-7-13(8-10-14)15(19)18-16(3,5-2)12-17/h7-10H,4-6,11-12,17H2,1-3H3,(H,18,19). The van der Waals surface area contributed by atoms with Gasteiger partial charge in [-0.1, -0.05) is 20.3 Å². The van der Waals surface area contributed by atoms with Crippen molar-refractivity contribution < 1.29 is 9.53 Å². The van der Waals surface area contributed by atoms with Crippen LogP contribution in [0.5, 0.6) is 5.75 Å². The molecule has 0 aromatic heterocycles. The van der Waals surface area contributed by atoms with E-state index >= 15 is 0 Å². The molecule has 0 saturated carbocycles. The maximum absolute atomic E-state index is 12.1. The summed E-state index contributed by atoms with van der Waals surface area (Å²) in [5.74, 6) is 0.701. The monoisotopic (exact) mass is 278 g/mol. The molecule has 1 aromatic carbocycles. The topological polar surface area (TPSA) is 64.3 Å². The number of ether oxygens (including phenoxy) is 1. The SMILES string of the molecule is CCCCOc1ccc(C(=O)NC(C)(CC)CN)cc1. The summed E-state index contributed by atoms with van der Waals surface area (Å²) in [6.07, 6.45) is 2.94. The molecule has 0 aliphatic rings. The molecule has 0 aliphatic carbocycles. The van der Waals surface area contributed by atoms with E-state index in [1.165, 1.54) is 0 Å². The molecule has 0 heterocycles. The molecular weight excluding hydrogens is 252 g/mol. The van der Waals surface area contributed by atoms with Gasteiger partial charge in [0.25, 0.3) is 5.91 Å². The number of hydrogen-bond donors (Lipinski definition) is 2. The number of unbranched alkanes of at least 4 members (excludes halogenated alkanes) is 1. The minimum absolute atomic E-state index is 0.0973. The Balaban J connectivity index is 2.61. The molecule has 1 aromatic rings. The number of carbonyl (C=O) groups excluding carboxylic acids is 1. The molecule has 3 N–H and O–H groups in total. The predicted octanol–water partition coefficient (Wildman–Crippen LogP) is 2.72. The van der Waals surface area contributed by atoms with Crippen molar-refractivity contribution in [3.63, 3.8) is 0 Å². The normalized spacial score (nSPS) is 13.6. The first-order valence-electron chi connectivity index (χ1n) is 7.30. The van der Waals surface area contributed by atoms with E-state index < -0.39 is 0 Å².